The van der Waals surface area contributed by atoms with Crippen LogP contribution in [0.5, 0.6) is 0 Å². The first-order valence-corrected chi connectivity index (χ1v) is 25.9. The van der Waals surface area contributed by atoms with Crippen LogP contribution in [0.4, 0.5) is 0 Å². The first-order valence-electron chi connectivity index (χ1n) is 14.9. The molecular weight excluding hydrogens is 547 g/mol. The van der Waals surface area contributed by atoms with E-state index in [1.807, 2.05) is 0 Å². The second-order valence-corrected chi connectivity index (χ2v) is 31.4. The van der Waals surface area contributed by atoms with E-state index in [2.05, 4.69) is 97.1 Å². The summed E-state index contributed by atoms with van der Waals surface area (Å²) in [6.45, 7) is 19.8. The zero-order chi connectivity index (χ0) is 26.2. The molecule has 3 heteroatoms. The van der Waals surface area contributed by atoms with E-state index >= 15 is 0 Å². The van der Waals surface area contributed by atoms with Crippen LogP contribution < -0.4 is 0 Å². The summed E-state index contributed by atoms with van der Waals surface area (Å²) >= 11 is -2.03. The molecule has 0 spiro atoms. The number of unbranched alkanes of at least 4 members (excludes halogenated alkanes) is 3. The Balaban J connectivity index is 2.76. The van der Waals surface area contributed by atoms with Crippen molar-refractivity contribution in [3.63, 3.8) is 0 Å². The number of benzene rings is 1. The first-order chi connectivity index (χ1) is 16.6. The van der Waals surface area contributed by atoms with E-state index < -0.39 is 26.7 Å². The van der Waals surface area contributed by atoms with E-state index in [1.54, 1.807) is 13.3 Å². The van der Waals surface area contributed by atoms with E-state index in [-0.39, 0.29) is 5.04 Å². The summed E-state index contributed by atoms with van der Waals surface area (Å²) in [5, 5.41) is 0.281. The Hall–Kier alpha value is -0.0644. The summed E-state index contributed by atoms with van der Waals surface area (Å²) in [6.07, 6.45) is 17.3. The summed E-state index contributed by atoms with van der Waals surface area (Å²) in [5.74, 6) is 0.596. The van der Waals surface area contributed by atoms with Crippen molar-refractivity contribution >= 4 is 26.7 Å². The van der Waals surface area contributed by atoms with Gasteiger partial charge in [0.1, 0.15) is 0 Å². The molecule has 0 aliphatic rings. The number of hydrogen-bond donors (Lipinski definition) is 0. The van der Waals surface area contributed by atoms with Crippen LogP contribution >= 0.6 is 0 Å². The van der Waals surface area contributed by atoms with Crippen LogP contribution in [-0.4, -0.2) is 33.3 Å². The fourth-order valence-corrected chi connectivity index (χ4v) is 21.3. The van der Waals surface area contributed by atoms with Crippen LogP contribution in [0.15, 0.2) is 42.5 Å². The zero-order valence-electron chi connectivity index (χ0n) is 24.9. The summed E-state index contributed by atoms with van der Waals surface area (Å²) < 4.78 is 12.9. The number of hydrogen-bond acceptors (Lipinski definition) is 1. The van der Waals surface area contributed by atoms with Crippen molar-refractivity contribution < 1.29 is 4.43 Å². The van der Waals surface area contributed by atoms with Gasteiger partial charge in [-0.2, -0.15) is 0 Å². The second-order valence-electron chi connectivity index (χ2n) is 12.6. The van der Waals surface area contributed by atoms with Crippen LogP contribution in [0, 0.1) is 0 Å². The summed E-state index contributed by atoms with van der Waals surface area (Å²) in [7, 11) is -1.68. The van der Waals surface area contributed by atoms with E-state index in [9.17, 15) is 0 Å². The van der Waals surface area contributed by atoms with E-state index in [0.717, 1.165) is 13.0 Å². The van der Waals surface area contributed by atoms with Gasteiger partial charge in [0, 0.05) is 0 Å². The van der Waals surface area contributed by atoms with Crippen molar-refractivity contribution in [2.75, 3.05) is 6.61 Å². The van der Waals surface area contributed by atoms with E-state index in [0.29, 0.717) is 5.92 Å². The van der Waals surface area contributed by atoms with Crippen LogP contribution in [0.2, 0.25) is 35.9 Å². The molecule has 1 nitrogen and oxygen atoms in total. The van der Waals surface area contributed by atoms with E-state index in [1.165, 1.54) is 61.4 Å². The molecule has 0 heterocycles. The zero-order valence-corrected chi connectivity index (χ0v) is 28.8. The molecule has 0 fully saturated rings. The molecular formula is C32H60OSiSn. The predicted molar refractivity (Wildman–Crippen MR) is 165 cm³/mol. The molecule has 0 aliphatic heterocycles. The Labute approximate surface area is 225 Å². The standard InChI is InChI=1S/C20H33OSi.3C4H9.Sn/c1-7-8-10-13-19(18-14-11-9-12-15-18)16-17-21-22(5,6)20(2,3)4;3*1-3-4-2;/h7-9,11-12,14-15,19H,1,10,13,16-17H2,2-6H3;3*1,3-4H2,2H3;/b8-7+;;;;. The topological polar surface area (TPSA) is 9.23 Å². The van der Waals surface area contributed by atoms with Crippen LogP contribution in [0.1, 0.15) is 111 Å². The molecule has 1 aromatic rings. The molecule has 35 heavy (non-hydrogen) atoms. The number of allylic oxidation sites excluding steroid dienone is 2. The van der Waals surface area contributed by atoms with Gasteiger partial charge >= 0.3 is 227 Å². The summed E-state index contributed by atoms with van der Waals surface area (Å²) in [4.78, 5) is 0. The molecule has 0 aliphatic carbocycles. The SMILES string of the molecule is CCC[CH2][Sn]([CH2]/C=C/CCC(CCO[Si](C)(C)C(C)(C)C)c1ccccc1)([CH2]CCC)[CH2]CCC. The van der Waals surface area contributed by atoms with Gasteiger partial charge in [0.05, 0.1) is 0 Å². The van der Waals surface area contributed by atoms with Crippen LogP contribution in [-0.2, 0) is 4.43 Å². The van der Waals surface area contributed by atoms with Crippen molar-refractivity contribution in [3.8, 4) is 0 Å². The van der Waals surface area contributed by atoms with Crippen molar-refractivity contribution in [2.24, 2.45) is 0 Å². The normalized spacial score (nSPS) is 14.1. The van der Waals surface area contributed by atoms with Gasteiger partial charge in [-0.3, -0.25) is 0 Å². The van der Waals surface area contributed by atoms with Gasteiger partial charge in [-0.05, 0) is 0 Å². The number of rotatable bonds is 19. The van der Waals surface area contributed by atoms with Crippen molar-refractivity contribution in [2.45, 2.75) is 141 Å². The third kappa shape index (κ3) is 12.8. The summed E-state index contributed by atoms with van der Waals surface area (Å²) in [6, 6.07) is 11.2. The average molecular weight is 608 g/mol. The third-order valence-electron chi connectivity index (χ3n) is 8.59. The Kier molecular flexibility index (Phi) is 16.4. The van der Waals surface area contributed by atoms with Crippen molar-refractivity contribution in [1.82, 2.24) is 0 Å². The molecule has 1 unspecified atom stereocenters. The monoisotopic (exact) mass is 608 g/mol. The summed E-state index contributed by atoms with van der Waals surface area (Å²) in [5.41, 5.74) is 1.49. The van der Waals surface area contributed by atoms with Gasteiger partial charge in [-0.15, -0.1) is 0 Å². The molecule has 202 valence electrons. The van der Waals surface area contributed by atoms with Crippen molar-refractivity contribution in [3.05, 3.63) is 48.0 Å². The third-order valence-corrected chi connectivity index (χ3v) is 28.4. The minimum atomic E-state index is -2.03. The molecule has 0 amide bonds. The molecule has 0 radical (unpaired) electrons. The fraction of sp³-hybridized carbons (Fsp3) is 0.750. The molecule has 1 atom stereocenters. The molecule has 0 N–H and O–H groups in total. The molecule has 0 saturated carbocycles. The van der Waals surface area contributed by atoms with Gasteiger partial charge < -0.3 is 0 Å². The minimum absolute atomic E-state index is 0.281. The Morgan fingerprint density at radius 2 is 1.37 bits per heavy atom. The van der Waals surface area contributed by atoms with E-state index in [4.69, 9.17) is 4.43 Å². The van der Waals surface area contributed by atoms with Crippen LogP contribution in [0.3, 0.4) is 0 Å². The molecule has 0 saturated heterocycles. The van der Waals surface area contributed by atoms with Gasteiger partial charge in [0.15, 0.2) is 0 Å². The van der Waals surface area contributed by atoms with Gasteiger partial charge in [-0.25, -0.2) is 0 Å². The quantitative estimate of drug-likeness (QED) is 0.112. The van der Waals surface area contributed by atoms with Crippen LogP contribution in [0.25, 0.3) is 0 Å². The fourth-order valence-electron chi connectivity index (χ4n) is 4.96. The molecule has 0 bridgehead atoms. The van der Waals surface area contributed by atoms with Crippen molar-refractivity contribution in [1.29, 1.82) is 0 Å². The van der Waals surface area contributed by atoms with Gasteiger partial charge in [0.2, 0.25) is 0 Å². The van der Waals surface area contributed by atoms with Gasteiger partial charge in [-0.1, -0.05) is 0 Å². The second kappa shape index (κ2) is 17.4. The van der Waals surface area contributed by atoms with Gasteiger partial charge in [0.25, 0.3) is 0 Å². The average Bonchev–Trinajstić information content (AvgIpc) is 2.83. The Bertz CT molecular complexity index is 655. The first kappa shape index (κ1) is 33.0. The predicted octanol–water partition coefficient (Wildman–Crippen LogP) is 11.4. The maximum absolute atomic E-state index is 6.56. The Morgan fingerprint density at radius 3 is 1.86 bits per heavy atom. The molecule has 1 rings (SSSR count). The maximum atomic E-state index is 6.56. The Morgan fingerprint density at radius 1 is 0.829 bits per heavy atom. The molecule has 1 aromatic carbocycles. The molecule has 0 aromatic heterocycles.